The Labute approximate surface area is 130 Å². The number of carboxylic acids is 1. The van der Waals surface area contributed by atoms with Gasteiger partial charge in [-0.3, -0.25) is 9.59 Å². The van der Waals surface area contributed by atoms with Crippen molar-refractivity contribution in [2.75, 3.05) is 13.1 Å². The molecule has 0 bridgehead atoms. The van der Waals surface area contributed by atoms with Gasteiger partial charge in [-0.2, -0.15) is 0 Å². The summed E-state index contributed by atoms with van der Waals surface area (Å²) in [4.78, 5) is 33.8. The van der Waals surface area contributed by atoms with Crippen LogP contribution in [0, 0.1) is 17.3 Å². The number of allylic oxidation sites excluding steroid dienone is 2. The Bertz CT molecular complexity index is 514. The maximum atomic E-state index is 11.7. The fraction of sp³-hybridized carbons (Fsp3) is 0.688. The van der Waals surface area contributed by atoms with E-state index in [0.29, 0.717) is 12.5 Å². The van der Waals surface area contributed by atoms with E-state index in [-0.39, 0.29) is 30.1 Å². The summed E-state index contributed by atoms with van der Waals surface area (Å²) >= 11 is 0. The van der Waals surface area contributed by atoms with Crippen molar-refractivity contribution in [2.45, 2.75) is 39.5 Å². The molecule has 0 aliphatic heterocycles. The molecular weight excluding hydrogens is 284 g/mol. The molecule has 22 heavy (non-hydrogen) atoms. The second-order valence-electron chi connectivity index (χ2n) is 6.54. The van der Waals surface area contributed by atoms with Crippen LogP contribution in [0.3, 0.4) is 0 Å². The molecule has 0 saturated heterocycles. The van der Waals surface area contributed by atoms with Crippen molar-refractivity contribution < 1.29 is 19.5 Å². The molecule has 3 unspecified atom stereocenters. The van der Waals surface area contributed by atoms with E-state index in [1.54, 1.807) is 0 Å². The van der Waals surface area contributed by atoms with Crippen LogP contribution in [-0.4, -0.2) is 36.0 Å². The van der Waals surface area contributed by atoms with Crippen LogP contribution in [-0.2, 0) is 9.59 Å². The molecule has 3 N–H and O–H groups in total. The number of Topliss-reactive ketones (excluding diaryl/α,β-unsaturated/α-hetero) is 1. The monoisotopic (exact) mass is 308 g/mol. The Morgan fingerprint density at radius 1 is 1.36 bits per heavy atom. The standard InChI is InChI=1S/C16H24N2O4/c1-3-11-4-12-6-16(7-14(20)21,13(12)5-11)9-18-15(22)17-8-10(2)19/h5,12-13H,3-4,6-9H2,1-2H3,(H,20,21)(H2,17,18,22). The van der Waals surface area contributed by atoms with E-state index >= 15 is 0 Å². The summed E-state index contributed by atoms with van der Waals surface area (Å²) in [5.41, 5.74) is 1.00. The van der Waals surface area contributed by atoms with Gasteiger partial charge in [0, 0.05) is 12.0 Å². The molecular formula is C16H24N2O4. The Hall–Kier alpha value is -1.85. The number of urea groups is 1. The van der Waals surface area contributed by atoms with E-state index in [2.05, 4.69) is 23.6 Å². The lowest BCUT2D eigenvalue weighted by molar-refractivity contribution is -0.144. The van der Waals surface area contributed by atoms with E-state index in [4.69, 9.17) is 0 Å². The van der Waals surface area contributed by atoms with E-state index in [9.17, 15) is 19.5 Å². The molecule has 2 aliphatic carbocycles. The van der Waals surface area contributed by atoms with E-state index in [0.717, 1.165) is 19.3 Å². The predicted octanol–water partition coefficient (Wildman–Crippen LogP) is 1.71. The molecule has 2 amide bonds. The zero-order valence-corrected chi connectivity index (χ0v) is 13.1. The SMILES string of the molecule is CCC1=CC2C(C1)CC2(CNC(=O)NCC(C)=O)CC(=O)O. The summed E-state index contributed by atoms with van der Waals surface area (Å²) < 4.78 is 0. The van der Waals surface area contributed by atoms with E-state index in [1.165, 1.54) is 12.5 Å². The second-order valence-corrected chi connectivity index (χ2v) is 6.54. The number of amides is 2. The normalized spacial score (nSPS) is 29.1. The number of carbonyl (C=O) groups is 3. The number of nitrogens with one attached hydrogen (secondary N) is 2. The Balaban J connectivity index is 1.96. The lowest BCUT2D eigenvalue weighted by atomic mass is 9.53. The highest BCUT2D eigenvalue weighted by Crippen LogP contribution is 2.59. The third-order valence-corrected chi connectivity index (χ3v) is 4.88. The van der Waals surface area contributed by atoms with Gasteiger partial charge in [-0.25, -0.2) is 4.79 Å². The van der Waals surface area contributed by atoms with Gasteiger partial charge in [0.2, 0.25) is 0 Å². The first kappa shape index (κ1) is 16.5. The van der Waals surface area contributed by atoms with Gasteiger partial charge in [-0.05, 0) is 38.0 Å². The second kappa shape index (κ2) is 6.50. The molecule has 122 valence electrons. The predicted molar refractivity (Wildman–Crippen MR) is 81.4 cm³/mol. The fourth-order valence-electron chi connectivity index (χ4n) is 3.82. The number of hydrogen-bond donors (Lipinski definition) is 3. The van der Waals surface area contributed by atoms with Gasteiger partial charge in [0.05, 0.1) is 13.0 Å². The summed E-state index contributed by atoms with van der Waals surface area (Å²) in [5.74, 6) is -0.184. The van der Waals surface area contributed by atoms with Crippen LogP contribution in [0.25, 0.3) is 0 Å². The average molecular weight is 308 g/mol. The molecule has 6 heteroatoms. The Kier molecular flexibility index (Phi) is 4.88. The van der Waals surface area contributed by atoms with Crippen LogP contribution in [0.1, 0.15) is 39.5 Å². The van der Waals surface area contributed by atoms with Crippen LogP contribution >= 0.6 is 0 Å². The molecule has 0 aromatic carbocycles. The molecule has 6 nitrogen and oxygen atoms in total. The van der Waals surface area contributed by atoms with Crippen molar-refractivity contribution in [3.8, 4) is 0 Å². The third kappa shape index (κ3) is 3.48. The number of aliphatic carboxylic acids is 1. The molecule has 2 rings (SSSR count). The minimum absolute atomic E-state index is 0.0102. The van der Waals surface area contributed by atoms with Crippen LogP contribution < -0.4 is 10.6 Å². The van der Waals surface area contributed by atoms with Crippen molar-refractivity contribution in [3.63, 3.8) is 0 Å². The number of fused-ring (bicyclic) bond motifs is 1. The maximum absolute atomic E-state index is 11.7. The van der Waals surface area contributed by atoms with Crippen LogP contribution in [0.15, 0.2) is 11.6 Å². The highest BCUT2D eigenvalue weighted by Gasteiger charge is 2.55. The number of ketones is 1. The maximum Gasteiger partial charge on any atom is 0.315 e. The minimum Gasteiger partial charge on any atom is -0.481 e. The van der Waals surface area contributed by atoms with Gasteiger partial charge >= 0.3 is 12.0 Å². The zero-order valence-electron chi connectivity index (χ0n) is 13.1. The van der Waals surface area contributed by atoms with Gasteiger partial charge in [0.15, 0.2) is 0 Å². The number of hydrogen-bond acceptors (Lipinski definition) is 3. The Morgan fingerprint density at radius 3 is 2.68 bits per heavy atom. The van der Waals surface area contributed by atoms with Gasteiger partial charge in [0.1, 0.15) is 5.78 Å². The first-order valence-corrected chi connectivity index (χ1v) is 7.79. The van der Waals surface area contributed by atoms with Crippen molar-refractivity contribution in [3.05, 3.63) is 11.6 Å². The van der Waals surface area contributed by atoms with Gasteiger partial charge in [-0.1, -0.05) is 18.6 Å². The molecule has 0 aromatic rings. The van der Waals surface area contributed by atoms with E-state index in [1.807, 2.05) is 0 Å². The van der Waals surface area contributed by atoms with E-state index < -0.39 is 12.0 Å². The van der Waals surface area contributed by atoms with Crippen LogP contribution in [0.5, 0.6) is 0 Å². The van der Waals surface area contributed by atoms with Gasteiger partial charge in [-0.15, -0.1) is 0 Å². The quantitative estimate of drug-likeness (QED) is 0.624. The lowest BCUT2D eigenvalue weighted by Gasteiger charge is -2.51. The smallest absolute Gasteiger partial charge is 0.315 e. The molecule has 0 radical (unpaired) electrons. The third-order valence-electron chi connectivity index (χ3n) is 4.88. The fourth-order valence-corrected chi connectivity index (χ4v) is 3.82. The molecule has 1 fully saturated rings. The number of carboxylic acid groups (broad SMARTS) is 1. The summed E-state index contributed by atoms with van der Waals surface area (Å²) in [6.45, 7) is 3.84. The van der Waals surface area contributed by atoms with Gasteiger partial charge in [0.25, 0.3) is 0 Å². The molecule has 1 saturated carbocycles. The summed E-state index contributed by atoms with van der Waals surface area (Å²) in [7, 11) is 0. The summed E-state index contributed by atoms with van der Waals surface area (Å²) in [5, 5.41) is 14.4. The molecule has 0 aromatic heterocycles. The summed E-state index contributed by atoms with van der Waals surface area (Å²) in [6.07, 6.45) is 5.17. The lowest BCUT2D eigenvalue weighted by Crippen LogP contribution is -2.54. The van der Waals surface area contributed by atoms with Crippen molar-refractivity contribution in [2.24, 2.45) is 17.3 Å². The average Bonchev–Trinajstić information content (AvgIpc) is 2.79. The zero-order chi connectivity index (χ0) is 16.3. The van der Waals surface area contributed by atoms with Crippen LogP contribution in [0.4, 0.5) is 4.79 Å². The highest BCUT2D eigenvalue weighted by molar-refractivity contribution is 5.83. The minimum atomic E-state index is -0.831. The van der Waals surface area contributed by atoms with Gasteiger partial charge < -0.3 is 15.7 Å². The number of rotatable bonds is 7. The van der Waals surface area contributed by atoms with Crippen molar-refractivity contribution >= 4 is 17.8 Å². The molecule has 0 heterocycles. The highest BCUT2D eigenvalue weighted by atomic mass is 16.4. The topological polar surface area (TPSA) is 95.5 Å². The molecule has 0 spiro atoms. The first-order valence-electron chi connectivity index (χ1n) is 7.79. The summed E-state index contributed by atoms with van der Waals surface area (Å²) in [6, 6.07) is -0.416. The molecule has 2 aliphatic rings. The van der Waals surface area contributed by atoms with Crippen molar-refractivity contribution in [1.82, 2.24) is 10.6 Å². The first-order chi connectivity index (χ1) is 10.4. The largest absolute Gasteiger partial charge is 0.481 e. The Morgan fingerprint density at radius 2 is 2.09 bits per heavy atom. The van der Waals surface area contributed by atoms with Crippen LogP contribution in [0.2, 0.25) is 0 Å². The number of carbonyl (C=O) groups excluding carboxylic acids is 2. The molecule has 3 atom stereocenters. The van der Waals surface area contributed by atoms with Crippen molar-refractivity contribution in [1.29, 1.82) is 0 Å².